The quantitative estimate of drug-likeness (QED) is 0.255. The molecule has 1 N–H and O–H groups in total. The van der Waals surface area contributed by atoms with E-state index in [2.05, 4.69) is 34.7 Å². The number of aromatic nitrogens is 6. The predicted octanol–water partition coefficient (Wildman–Crippen LogP) is 5.25. The summed E-state index contributed by atoms with van der Waals surface area (Å²) in [5, 5.41) is 26.6. The largest absolute Gasteiger partial charge is 0.476 e. The Kier molecular flexibility index (Phi) is 7.89. The van der Waals surface area contributed by atoms with Crippen LogP contribution >= 0.6 is 0 Å². The number of benzene rings is 1. The number of carboxylic acids is 1. The van der Waals surface area contributed by atoms with Crippen molar-refractivity contribution in [2.24, 2.45) is 23.8 Å². The molecular weight excluding hydrogens is 707 g/mol. The predicted molar refractivity (Wildman–Crippen MR) is 199 cm³/mol. The fourth-order valence-corrected chi connectivity index (χ4v) is 10.9. The summed E-state index contributed by atoms with van der Waals surface area (Å²) in [7, 11) is 1.79. The number of fused-ring (bicyclic) bond motifs is 2. The molecule has 2 saturated heterocycles. The molecule has 4 fully saturated rings. The summed E-state index contributed by atoms with van der Waals surface area (Å²) in [4.78, 5) is 32.5. The first-order chi connectivity index (χ1) is 26.5. The highest BCUT2D eigenvalue weighted by Gasteiger charge is 2.57. The minimum Gasteiger partial charge on any atom is -0.476 e. The van der Waals surface area contributed by atoms with Gasteiger partial charge in [-0.15, -0.1) is 10.2 Å². The number of halogens is 2. The molecule has 2 saturated carbocycles. The van der Waals surface area contributed by atoms with Gasteiger partial charge >= 0.3 is 5.97 Å². The Bertz CT molecular complexity index is 2170. The summed E-state index contributed by atoms with van der Waals surface area (Å²) in [5.74, 6) is 1.25. The lowest BCUT2D eigenvalue weighted by Gasteiger charge is -2.63. The molecule has 0 unspecified atom stereocenters. The van der Waals surface area contributed by atoms with Crippen molar-refractivity contribution in [2.45, 2.75) is 70.9 Å². The van der Waals surface area contributed by atoms with Gasteiger partial charge in [-0.3, -0.25) is 14.2 Å². The Morgan fingerprint density at radius 3 is 2.45 bits per heavy atom. The van der Waals surface area contributed by atoms with Gasteiger partial charge in [0.05, 0.1) is 18.8 Å². The Hall–Kier alpha value is -4.92. The summed E-state index contributed by atoms with van der Waals surface area (Å²) >= 11 is 0. The molecule has 2 aliphatic carbocycles. The van der Waals surface area contributed by atoms with E-state index >= 15 is 0 Å². The number of aryl methyl sites for hydroxylation is 2. The first kappa shape index (κ1) is 34.6. The Balaban J connectivity index is 0.813. The van der Waals surface area contributed by atoms with Crippen molar-refractivity contribution in [3.05, 3.63) is 64.7 Å². The molecule has 10 rings (SSSR count). The van der Waals surface area contributed by atoms with Gasteiger partial charge in [-0.2, -0.15) is 10.2 Å². The number of rotatable bonds is 8. The van der Waals surface area contributed by atoms with Crippen LogP contribution in [-0.4, -0.2) is 102 Å². The maximum absolute atomic E-state index is 14.7. The van der Waals surface area contributed by atoms with Gasteiger partial charge in [0, 0.05) is 106 Å². The number of anilines is 3. The second-order valence-corrected chi connectivity index (χ2v) is 17.4. The van der Waals surface area contributed by atoms with Crippen molar-refractivity contribution in [2.75, 3.05) is 55.6 Å². The third-order valence-corrected chi connectivity index (χ3v) is 13.4. The summed E-state index contributed by atoms with van der Waals surface area (Å²) < 4.78 is 33.2. The molecule has 15 heteroatoms. The number of carbonyl (C=O) groups excluding carboxylic acids is 1. The SMILES string of the molecule is CC(=O)N1CCc2c(c(N3CCCc4cc(-c5cnn(C)c5)c(C(F)F)cc43)nn2C2CC3(C2)CN(CC2CC4(C2)CN(c2ccc(C(=O)O)nn2)C4)C3)C1. The van der Waals surface area contributed by atoms with Gasteiger partial charge in [-0.05, 0) is 85.3 Å². The second-order valence-electron chi connectivity index (χ2n) is 17.4. The number of carboxylic acid groups (broad SMARTS) is 1. The molecule has 4 aliphatic heterocycles. The number of carbonyl (C=O) groups is 2. The van der Waals surface area contributed by atoms with E-state index in [0.29, 0.717) is 53.6 Å². The molecule has 0 radical (unpaired) electrons. The van der Waals surface area contributed by atoms with Gasteiger partial charge in [0.15, 0.2) is 17.3 Å². The van der Waals surface area contributed by atoms with Crippen molar-refractivity contribution in [1.82, 2.24) is 39.6 Å². The van der Waals surface area contributed by atoms with E-state index in [1.54, 1.807) is 43.2 Å². The third kappa shape index (κ3) is 5.79. The Morgan fingerprint density at radius 2 is 1.78 bits per heavy atom. The first-order valence-electron chi connectivity index (χ1n) is 19.6. The lowest BCUT2D eigenvalue weighted by Crippen LogP contribution is -2.67. The zero-order chi connectivity index (χ0) is 37.8. The van der Waals surface area contributed by atoms with Gasteiger partial charge in [0.2, 0.25) is 5.91 Å². The normalized spacial score (nSPS) is 22.6. The van der Waals surface area contributed by atoms with E-state index in [0.717, 1.165) is 93.3 Å². The van der Waals surface area contributed by atoms with Gasteiger partial charge in [-0.25, -0.2) is 13.6 Å². The lowest BCUT2D eigenvalue weighted by atomic mass is 9.56. The Labute approximate surface area is 317 Å². The molecule has 4 aromatic rings. The van der Waals surface area contributed by atoms with Crippen LogP contribution in [0.5, 0.6) is 0 Å². The molecule has 6 aliphatic rings. The zero-order valence-corrected chi connectivity index (χ0v) is 31.3. The maximum Gasteiger partial charge on any atom is 0.356 e. The van der Waals surface area contributed by atoms with E-state index in [4.69, 9.17) is 10.2 Å². The van der Waals surface area contributed by atoms with Crippen LogP contribution in [0.1, 0.15) is 84.4 Å². The molecule has 0 bridgehead atoms. The van der Waals surface area contributed by atoms with Gasteiger partial charge in [0.1, 0.15) is 0 Å². The van der Waals surface area contributed by atoms with Crippen LogP contribution < -0.4 is 9.80 Å². The van der Waals surface area contributed by atoms with E-state index < -0.39 is 12.4 Å². The standard InChI is InChI=1S/C40H46F2N10O3/c1-24(53)49-9-7-33-31(19-49)37(51-8-3-4-26-10-29(27-16-43-47(2)18-27)30(36(41)42)11-34(26)51)46-52(33)28-14-40(15-28)20-48(21-40)17-25-12-39(13-25)22-50(23-39)35-6-5-32(38(54)55)44-45-35/h5-6,10-11,16,18,25,28,36H,3-4,7-9,12-15,17,19-23H2,1-2H3,(H,54,55). The average Bonchev–Trinajstić information content (AvgIpc) is 3.71. The van der Waals surface area contributed by atoms with Crippen LogP contribution in [0.3, 0.4) is 0 Å². The number of hydrogen-bond acceptors (Lipinski definition) is 9. The average molecular weight is 753 g/mol. The maximum atomic E-state index is 14.7. The molecule has 2 spiro atoms. The number of aromatic carboxylic acids is 1. The van der Waals surface area contributed by atoms with Crippen LogP contribution in [0.15, 0.2) is 36.7 Å². The van der Waals surface area contributed by atoms with E-state index in [-0.39, 0.29) is 17.2 Å². The van der Waals surface area contributed by atoms with Crippen molar-refractivity contribution in [3.63, 3.8) is 0 Å². The molecular formula is C40H46F2N10O3. The monoisotopic (exact) mass is 752 g/mol. The summed E-state index contributed by atoms with van der Waals surface area (Å²) in [6.45, 7) is 8.73. The zero-order valence-electron chi connectivity index (χ0n) is 31.3. The number of alkyl halides is 2. The van der Waals surface area contributed by atoms with Crippen molar-refractivity contribution >= 4 is 29.2 Å². The molecule has 1 aromatic carbocycles. The minimum absolute atomic E-state index is 0.000770. The van der Waals surface area contributed by atoms with Crippen LogP contribution in [-0.2, 0) is 31.2 Å². The van der Waals surface area contributed by atoms with Gasteiger partial charge < -0.3 is 24.7 Å². The van der Waals surface area contributed by atoms with Gasteiger partial charge in [0.25, 0.3) is 6.43 Å². The minimum atomic E-state index is -2.64. The summed E-state index contributed by atoms with van der Waals surface area (Å²) in [6, 6.07) is 7.16. The molecule has 288 valence electrons. The van der Waals surface area contributed by atoms with Crippen molar-refractivity contribution in [1.29, 1.82) is 0 Å². The topological polar surface area (TPSA) is 129 Å². The molecule has 7 heterocycles. The molecule has 13 nitrogen and oxygen atoms in total. The van der Waals surface area contributed by atoms with Crippen LogP contribution in [0, 0.1) is 16.7 Å². The van der Waals surface area contributed by atoms with E-state index in [1.807, 2.05) is 11.0 Å². The smallest absolute Gasteiger partial charge is 0.356 e. The fourth-order valence-electron chi connectivity index (χ4n) is 10.9. The third-order valence-electron chi connectivity index (χ3n) is 13.4. The van der Waals surface area contributed by atoms with Crippen LogP contribution in [0.25, 0.3) is 11.1 Å². The fraction of sp³-hybridized carbons (Fsp3) is 0.550. The summed E-state index contributed by atoms with van der Waals surface area (Å²) in [6.07, 6.45) is 7.81. The molecule has 1 amide bonds. The van der Waals surface area contributed by atoms with E-state index in [9.17, 15) is 18.4 Å². The number of nitrogens with zero attached hydrogens (tertiary/aromatic N) is 10. The number of hydrogen-bond donors (Lipinski definition) is 1. The highest BCUT2D eigenvalue weighted by Crippen LogP contribution is 2.57. The molecule has 3 aromatic heterocycles. The summed E-state index contributed by atoms with van der Waals surface area (Å²) in [5.41, 5.74) is 5.92. The second kappa shape index (κ2) is 12.6. The lowest BCUT2D eigenvalue weighted by molar-refractivity contribution is -0.129. The first-order valence-corrected chi connectivity index (χ1v) is 19.6. The number of likely N-dealkylation sites (tertiary alicyclic amines) is 1. The van der Waals surface area contributed by atoms with Crippen LogP contribution in [0.2, 0.25) is 0 Å². The molecule has 0 atom stereocenters. The van der Waals surface area contributed by atoms with Crippen LogP contribution in [0.4, 0.5) is 26.1 Å². The van der Waals surface area contributed by atoms with Gasteiger partial charge in [-0.1, -0.05) is 0 Å². The molecule has 55 heavy (non-hydrogen) atoms. The van der Waals surface area contributed by atoms with Crippen molar-refractivity contribution in [3.8, 4) is 11.1 Å². The highest BCUT2D eigenvalue weighted by molar-refractivity contribution is 5.85. The van der Waals surface area contributed by atoms with Crippen molar-refractivity contribution < 1.29 is 23.5 Å². The Morgan fingerprint density at radius 1 is 1.00 bits per heavy atom. The number of amides is 1. The highest BCUT2D eigenvalue weighted by atomic mass is 19.3. The van der Waals surface area contributed by atoms with E-state index in [1.165, 1.54) is 24.6 Å².